The van der Waals surface area contributed by atoms with Gasteiger partial charge in [-0.3, -0.25) is 14.4 Å². The summed E-state index contributed by atoms with van der Waals surface area (Å²) in [5, 5.41) is 0. The second-order valence-electron chi connectivity index (χ2n) is 11.8. The summed E-state index contributed by atoms with van der Waals surface area (Å²) in [5.41, 5.74) is -0.994. The van der Waals surface area contributed by atoms with Gasteiger partial charge < -0.3 is 18.9 Å². The molecule has 1 saturated heterocycles. The maximum absolute atomic E-state index is 12.3. The largest absolute Gasteiger partial charge is 0.463 e. The van der Waals surface area contributed by atoms with Crippen molar-refractivity contribution in [1.82, 2.24) is 0 Å². The molecule has 1 aliphatic heterocycles. The molecule has 0 aromatic heterocycles. The molecule has 35 heavy (non-hydrogen) atoms. The van der Waals surface area contributed by atoms with Crippen molar-refractivity contribution < 1.29 is 38.1 Å². The van der Waals surface area contributed by atoms with Crippen LogP contribution < -0.4 is 0 Å². The second-order valence-corrected chi connectivity index (χ2v) is 11.8. The molecular weight excluding hydrogens is 452 g/mol. The van der Waals surface area contributed by atoms with E-state index >= 15 is 0 Å². The number of rotatable bonds is 8. The molecule has 5 rings (SSSR count). The van der Waals surface area contributed by atoms with Gasteiger partial charge in [-0.25, -0.2) is 4.79 Å². The molecule has 0 aromatic rings. The Bertz CT molecular complexity index is 816. The van der Waals surface area contributed by atoms with Gasteiger partial charge in [0, 0.05) is 18.3 Å². The highest BCUT2D eigenvalue weighted by molar-refractivity contribution is 5.86. The number of ether oxygens (including phenoxy) is 4. The van der Waals surface area contributed by atoms with Crippen molar-refractivity contribution in [3.63, 3.8) is 0 Å². The molecule has 4 saturated carbocycles. The third kappa shape index (κ3) is 6.25. The third-order valence-corrected chi connectivity index (χ3v) is 8.52. The average molecular weight is 495 g/mol. The third-order valence-electron chi connectivity index (χ3n) is 8.52. The van der Waals surface area contributed by atoms with Gasteiger partial charge in [0.1, 0.15) is 5.78 Å². The monoisotopic (exact) mass is 494 g/mol. The molecular formula is C27H42O8. The highest BCUT2D eigenvalue weighted by atomic mass is 16.7. The lowest BCUT2D eigenvalue weighted by molar-refractivity contribution is -0.193. The van der Waals surface area contributed by atoms with Crippen LogP contribution in [0.15, 0.2) is 0 Å². The van der Waals surface area contributed by atoms with Crippen LogP contribution >= 0.6 is 0 Å². The standard InChI is InChI=1S/C17H26O4.C10H16O4/c1-4-17(2,3)16(19)21-9-20-15-12-6-10-5-11(8-12)14(18)13(15)7-10;1-4-10(2,3)9(12)14-7-5-6-13-8(7)11/h10-13,15H,4-9H2,1-3H3;7H,4-6H2,1-3H3. The molecule has 6 atom stereocenters. The molecule has 5 aliphatic rings. The van der Waals surface area contributed by atoms with E-state index < -0.39 is 22.9 Å². The number of ketones is 1. The van der Waals surface area contributed by atoms with Crippen molar-refractivity contribution in [2.75, 3.05) is 13.4 Å². The lowest BCUT2D eigenvalue weighted by Crippen LogP contribution is -2.55. The van der Waals surface area contributed by atoms with Crippen LogP contribution in [-0.4, -0.2) is 49.3 Å². The number of esters is 3. The highest BCUT2D eigenvalue weighted by Gasteiger charge is 2.53. The zero-order chi connectivity index (χ0) is 26.0. The van der Waals surface area contributed by atoms with Crippen LogP contribution in [0.25, 0.3) is 0 Å². The Hall–Kier alpha value is -1.96. The normalized spacial score (nSPS) is 31.5. The quantitative estimate of drug-likeness (QED) is 0.280. The maximum Gasteiger partial charge on any atom is 0.347 e. The maximum atomic E-state index is 12.3. The number of Topliss-reactive ketones (excluding diaryl/α,β-unsaturated/α-hetero) is 1. The summed E-state index contributed by atoms with van der Waals surface area (Å²) >= 11 is 0. The Morgan fingerprint density at radius 1 is 0.943 bits per heavy atom. The van der Waals surface area contributed by atoms with Gasteiger partial charge in [-0.1, -0.05) is 13.8 Å². The van der Waals surface area contributed by atoms with Gasteiger partial charge >= 0.3 is 17.9 Å². The minimum absolute atomic E-state index is 0.0114. The van der Waals surface area contributed by atoms with E-state index in [1.54, 1.807) is 13.8 Å². The van der Waals surface area contributed by atoms with E-state index in [2.05, 4.69) is 0 Å². The number of carbonyl (C=O) groups is 4. The predicted octanol–water partition coefficient (Wildman–Crippen LogP) is 4.22. The summed E-state index contributed by atoms with van der Waals surface area (Å²) < 4.78 is 20.9. The van der Waals surface area contributed by atoms with Crippen molar-refractivity contribution in [2.45, 2.75) is 98.7 Å². The molecule has 8 heteroatoms. The molecule has 4 bridgehead atoms. The van der Waals surface area contributed by atoms with Gasteiger partial charge in [-0.15, -0.1) is 0 Å². The van der Waals surface area contributed by atoms with Gasteiger partial charge in [-0.2, -0.15) is 0 Å². The fourth-order valence-electron chi connectivity index (χ4n) is 5.36. The van der Waals surface area contributed by atoms with Crippen molar-refractivity contribution in [2.24, 2.45) is 34.5 Å². The Labute approximate surface area is 208 Å². The molecule has 0 radical (unpaired) electrons. The second kappa shape index (κ2) is 11.0. The van der Waals surface area contributed by atoms with E-state index in [0.717, 1.165) is 31.6 Å². The van der Waals surface area contributed by atoms with Crippen LogP contribution in [0.4, 0.5) is 0 Å². The Morgan fingerprint density at radius 3 is 2.20 bits per heavy atom. The van der Waals surface area contributed by atoms with E-state index in [-0.39, 0.29) is 36.7 Å². The first kappa shape index (κ1) is 27.6. The fraction of sp³-hybridized carbons (Fsp3) is 0.852. The molecule has 198 valence electrons. The van der Waals surface area contributed by atoms with Crippen molar-refractivity contribution >= 4 is 23.7 Å². The SMILES string of the molecule is CCC(C)(C)C(=O)OC1CCOC1=O.CCC(C)(C)C(=O)OCOC1C2CC3CC(C2)C(=O)C1C3. The number of hydrogen-bond acceptors (Lipinski definition) is 8. The van der Waals surface area contributed by atoms with Crippen LogP contribution in [-0.2, 0) is 38.1 Å². The van der Waals surface area contributed by atoms with Crippen LogP contribution in [0.5, 0.6) is 0 Å². The van der Waals surface area contributed by atoms with Crippen molar-refractivity contribution in [3.8, 4) is 0 Å². The minimum Gasteiger partial charge on any atom is -0.463 e. The molecule has 4 aliphatic carbocycles. The molecule has 6 unspecified atom stereocenters. The first-order valence-electron chi connectivity index (χ1n) is 13.1. The van der Waals surface area contributed by atoms with Gasteiger partial charge in [0.15, 0.2) is 6.79 Å². The molecule has 5 fully saturated rings. The minimum atomic E-state index is -0.687. The van der Waals surface area contributed by atoms with E-state index in [1.165, 1.54) is 6.42 Å². The number of hydrogen-bond donors (Lipinski definition) is 0. The van der Waals surface area contributed by atoms with E-state index in [4.69, 9.17) is 18.9 Å². The summed E-state index contributed by atoms with van der Waals surface area (Å²) in [6, 6.07) is 0. The molecule has 0 aromatic carbocycles. The lowest BCUT2D eigenvalue weighted by atomic mass is 9.54. The summed E-state index contributed by atoms with van der Waals surface area (Å²) in [7, 11) is 0. The number of carbonyl (C=O) groups excluding carboxylic acids is 4. The van der Waals surface area contributed by atoms with Crippen molar-refractivity contribution in [3.05, 3.63) is 0 Å². The van der Waals surface area contributed by atoms with Gasteiger partial charge in [0.2, 0.25) is 6.10 Å². The predicted molar refractivity (Wildman–Crippen MR) is 127 cm³/mol. The first-order chi connectivity index (χ1) is 16.4. The summed E-state index contributed by atoms with van der Waals surface area (Å²) in [5.74, 6) is 0.968. The van der Waals surface area contributed by atoms with Crippen molar-refractivity contribution in [1.29, 1.82) is 0 Å². The fourth-order valence-corrected chi connectivity index (χ4v) is 5.36. The van der Waals surface area contributed by atoms with Crippen LogP contribution in [0.3, 0.4) is 0 Å². The lowest BCUT2D eigenvalue weighted by Gasteiger charge is -2.52. The summed E-state index contributed by atoms with van der Waals surface area (Å²) in [4.78, 5) is 46.8. The topological polar surface area (TPSA) is 105 Å². The molecule has 0 N–H and O–H groups in total. The van der Waals surface area contributed by atoms with E-state index in [1.807, 2.05) is 27.7 Å². The van der Waals surface area contributed by atoms with E-state index in [9.17, 15) is 19.2 Å². The molecule has 8 nitrogen and oxygen atoms in total. The molecule has 0 spiro atoms. The summed E-state index contributed by atoms with van der Waals surface area (Å²) in [6.07, 6.45) is 5.42. The van der Waals surface area contributed by atoms with Crippen LogP contribution in [0.1, 0.15) is 86.5 Å². The highest BCUT2D eigenvalue weighted by Crippen LogP contribution is 2.52. The first-order valence-corrected chi connectivity index (χ1v) is 13.1. The average Bonchev–Trinajstić information content (AvgIpc) is 3.22. The van der Waals surface area contributed by atoms with Crippen LogP contribution in [0.2, 0.25) is 0 Å². The Balaban J connectivity index is 0.000000214. The Morgan fingerprint density at radius 2 is 1.60 bits per heavy atom. The van der Waals surface area contributed by atoms with Gasteiger partial charge in [0.05, 0.1) is 23.5 Å². The summed E-state index contributed by atoms with van der Waals surface area (Å²) in [6.45, 7) is 11.6. The van der Waals surface area contributed by atoms with Gasteiger partial charge in [-0.05, 0) is 78.1 Å². The molecule has 0 amide bonds. The van der Waals surface area contributed by atoms with Gasteiger partial charge in [0.25, 0.3) is 0 Å². The number of cyclic esters (lactones) is 1. The van der Waals surface area contributed by atoms with Crippen LogP contribution in [0, 0.1) is 34.5 Å². The zero-order valence-electron chi connectivity index (χ0n) is 22.1. The Kier molecular flexibility index (Phi) is 8.66. The molecule has 1 heterocycles. The van der Waals surface area contributed by atoms with E-state index in [0.29, 0.717) is 31.1 Å². The smallest absolute Gasteiger partial charge is 0.347 e. The zero-order valence-corrected chi connectivity index (χ0v) is 22.1.